The van der Waals surface area contributed by atoms with Crippen LogP contribution in [0.5, 0.6) is 6.01 Å². The zero-order valence-corrected chi connectivity index (χ0v) is 20.2. The summed E-state index contributed by atoms with van der Waals surface area (Å²) in [6.45, 7) is 5.80. The lowest BCUT2D eigenvalue weighted by Gasteiger charge is -2.43. The van der Waals surface area contributed by atoms with Crippen LogP contribution in [0.1, 0.15) is 33.3 Å². The predicted octanol–water partition coefficient (Wildman–Crippen LogP) is 0.0335. The van der Waals surface area contributed by atoms with Gasteiger partial charge in [0, 0.05) is 33.8 Å². The summed E-state index contributed by atoms with van der Waals surface area (Å²) in [4.78, 5) is 51.5. The molecule has 2 aromatic rings. The molecular formula is C22H25N3O11. The highest BCUT2D eigenvalue weighted by molar-refractivity contribution is 5.71. The summed E-state index contributed by atoms with van der Waals surface area (Å²) in [5, 5.41) is 16.2. The van der Waals surface area contributed by atoms with Crippen LogP contribution in [-0.4, -0.2) is 71.3 Å². The molecule has 0 saturated carbocycles. The maximum atomic E-state index is 12.5. The maximum absolute atomic E-state index is 12.5. The van der Waals surface area contributed by atoms with Gasteiger partial charge in [0.2, 0.25) is 12.4 Å². The summed E-state index contributed by atoms with van der Waals surface area (Å²) in [6.07, 6.45) is -7.05. The minimum absolute atomic E-state index is 0.184. The summed E-state index contributed by atoms with van der Waals surface area (Å²) < 4.78 is 32.4. The Morgan fingerprint density at radius 3 is 2.17 bits per heavy atom. The van der Waals surface area contributed by atoms with E-state index in [2.05, 4.69) is 10.1 Å². The summed E-state index contributed by atoms with van der Waals surface area (Å²) in [7, 11) is 0. The molecule has 1 aromatic carbocycles. The Kier molecular flexibility index (Phi) is 8.19. The highest BCUT2D eigenvalue weighted by Crippen LogP contribution is 2.30. The third-order valence-corrected chi connectivity index (χ3v) is 4.90. The second-order valence-corrected chi connectivity index (χ2v) is 7.94. The molecule has 2 heterocycles. The van der Waals surface area contributed by atoms with E-state index in [1.165, 1.54) is 0 Å². The van der Waals surface area contributed by atoms with Gasteiger partial charge in [0.1, 0.15) is 18.2 Å². The first-order valence-corrected chi connectivity index (χ1v) is 10.8. The summed E-state index contributed by atoms with van der Waals surface area (Å²) in [5.74, 6) is -3.03. The molecule has 1 aromatic heterocycles. The summed E-state index contributed by atoms with van der Waals surface area (Å²) in [6, 6.07) is 4.46. The first kappa shape index (κ1) is 26.5. The van der Waals surface area contributed by atoms with Crippen LogP contribution in [0.25, 0.3) is 11.0 Å². The van der Waals surface area contributed by atoms with E-state index < -0.39 is 67.2 Å². The van der Waals surface area contributed by atoms with E-state index in [1.807, 2.05) is 0 Å². The number of nitrogens with zero attached hydrogens (tertiary/aromatic N) is 3. The standard InChI is InChI=1S/C22H25N3O11/c1-10-6-7-15-16(8-10)25(30)24-22(23-15)36-21-20(34-14(5)29)19(33-13(4)28)18(32-12(3)27)17(35-21)9-31-11(2)26/h6-8,17-21H,9H2,1-5H3. The molecule has 14 heteroatoms. The Hall–Kier alpha value is -4.07. The van der Waals surface area contributed by atoms with Gasteiger partial charge in [-0.1, -0.05) is 6.07 Å². The number of ether oxygens (including phenoxy) is 6. The van der Waals surface area contributed by atoms with Crippen molar-refractivity contribution in [2.75, 3.05) is 6.61 Å². The lowest BCUT2D eigenvalue weighted by molar-refractivity contribution is -0.644. The lowest BCUT2D eigenvalue weighted by atomic mass is 9.98. The van der Waals surface area contributed by atoms with E-state index in [9.17, 15) is 24.4 Å². The van der Waals surface area contributed by atoms with Crippen molar-refractivity contribution >= 4 is 34.9 Å². The largest absolute Gasteiger partial charge is 0.594 e. The van der Waals surface area contributed by atoms with Gasteiger partial charge in [-0.2, -0.15) is 4.98 Å². The Morgan fingerprint density at radius 1 is 0.944 bits per heavy atom. The molecule has 14 nitrogen and oxygen atoms in total. The number of fused-ring (bicyclic) bond motifs is 1. The number of rotatable bonds is 7. The molecule has 3 rings (SSSR count). The molecule has 0 N–H and O–H groups in total. The van der Waals surface area contributed by atoms with Crippen LogP contribution in [0.4, 0.5) is 0 Å². The van der Waals surface area contributed by atoms with Gasteiger partial charge in [0.05, 0.1) is 5.10 Å². The minimum atomic E-state index is -1.56. The van der Waals surface area contributed by atoms with Crippen molar-refractivity contribution in [2.45, 2.75) is 65.3 Å². The van der Waals surface area contributed by atoms with E-state index in [-0.39, 0.29) is 11.0 Å². The first-order chi connectivity index (χ1) is 16.9. The molecule has 0 spiro atoms. The van der Waals surface area contributed by atoms with Gasteiger partial charge in [-0.05, 0) is 23.4 Å². The number of esters is 4. The number of aromatic nitrogens is 3. The van der Waals surface area contributed by atoms with Crippen molar-refractivity contribution in [1.29, 1.82) is 0 Å². The second kappa shape index (κ2) is 11.1. The molecule has 1 fully saturated rings. The molecule has 0 aliphatic carbocycles. The van der Waals surface area contributed by atoms with Crippen LogP contribution in [-0.2, 0) is 42.9 Å². The Bertz CT molecular complexity index is 1170. The Balaban J connectivity index is 2.03. The zero-order chi connectivity index (χ0) is 26.6. The van der Waals surface area contributed by atoms with Gasteiger partial charge in [-0.15, -0.1) is 0 Å². The van der Waals surface area contributed by atoms with Gasteiger partial charge in [0.25, 0.3) is 5.52 Å². The summed E-state index contributed by atoms with van der Waals surface area (Å²) in [5.41, 5.74) is 1.25. The summed E-state index contributed by atoms with van der Waals surface area (Å²) >= 11 is 0. The van der Waals surface area contributed by atoms with E-state index >= 15 is 0 Å². The van der Waals surface area contributed by atoms with E-state index in [4.69, 9.17) is 28.4 Å². The zero-order valence-electron chi connectivity index (χ0n) is 20.2. The van der Waals surface area contributed by atoms with Crippen molar-refractivity contribution < 1.29 is 52.4 Å². The molecule has 0 radical (unpaired) electrons. The average Bonchev–Trinajstić information content (AvgIpc) is 2.76. The predicted molar refractivity (Wildman–Crippen MR) is 116 cm³/mol. The molecule has 0 bridgehead atoms. The van der Waals surface area contributed by atoms with Crippen LogP contribution in [0.15, 0.2) is 18.2 Å². The monoisotopic (exact) mass is 507 g/mol. The van der Waals surface area contributed by atoms with Crippen LogP contribution >= 0.6 is 0 Å². The molecule has 194 valence electrons. The topological polar surface area (TPSA) is 176 Å². The first-order valence-electron chi connectivity index (χ1n) is 10.8. The Morgan fingerprint density at radius 2 is 1.56 bits per heavy atom. The van der Waals surface area contributed by atoms with Crippen molar-refractivity contribution in [1.82, 2.24) is 10.1 Å². The molecule has 0 amide bonds. The fourth-order valence-electron chi connectivity index (χ4n) is 3.58. The van der Waals surface area contributed by atoms with Gasteiger partial charge in [-0.25, -0.2) is 0 Å². The number of carbonyl (C=O) groups is 4. The van der Waals surface area contributed by atoms with E-state index in [0.717, 1.165) is 33.3 Å². The number of hydrogen-bond acceptors (Lipinski definition) is 13. The highest BCUT2D eigenvalue weighted by Gasteiger charge is 2.53. The minimum Gasteiger partial charge on any atom is -0.594 e. The van der Waals surface area contributed by atoms with Gasteiger partial charge >= 0.3 is 29.9 Å². The van der Waals surface area contributed by atoms with Crippen molar-refractivity contribution in [3.8, 4) is 6.01 Å². The third-order valence-electron chi connectivity index (χ3n) is 4.90. The van der Waals surface area contributed by atoms with Crippen LogP contribution in [0.3, 0.4) is 0 Å². The van der Waals surface area contributed by atoms with Gasteiger partial charge < -0.3 is 33.6 Å². The average molecular weight is 507 g/mol. The van der Waals surface area contributed by atoms with Crippen molar-refractivity contribution in [3.05, 3.63) is 29.0 Å². The number of hydrogen-bond donors (Lipinski definition) is 0. The smallest absolute Gasteiger partial charge is 0.383 e. The quantitative estimate of drug-likeness (QED) is 0.212. The van der Waals surface area contributed by atoms with E-state index in [0.29, 0.717) is 4.85 Å². The molecule has 1 aliphatic heterocycles. The van der Waals surface area contributed by atoms with Crippen molar-refractivity contribution in [3.63, 3.8) is 0 Å². The fourth-order valence-corrected chi connectivity index (χ4v) is 3.58. The molecule has 1 saturated heterocycles. The highest BCUT2D eigenvalue weighted by atomic mass is 16.7. The third kappa shape index (κ3) is 6.53. The van der Waals surface area contributed by atoms with Gasteiger partial charge in [0.15, 0.2) is 12.2 Å². The Labute approximate surface area is 204 Å². The van der Waals surface area contributed by atoms with Crippen molar-refractivity contribution in [2.24, 2.45) is 0 Å². The molecular weight excluding hydrogens is 482 g/mol. The molecule has 5 unspecified atom stereocenters. The van der Waals surface area contributed by atoms with Gasteiger partial charge in [-0.3, -0.25) is 19.2 Å². The normalized spacial score (nSPS) is 23.4. The second-order valence-electron chi connectivity index (χ2n) is 7.94. The SMILES string of the molecule is CC(=O)OCC1OC(Oc2nc3ccc(C)cc3[n+]([O-])n2)C(OC(C)=O)C(OC(C)=O)C1OC(C)=O. The van der Waals surface area contributed by atoms with Crippen LogP contribution in [0, 0.1) is 12.1 Å². The van der Waals surface area contributed by atoms with Crippen LogP contribution < -0.4 is 9.58 Å². The lowest BCUT2D eigenvalue weighted by Crippen LogP contribution is -2.63. The maximum Gasteiger partial charge on any atom is 0.383 e. The molecule has 5 atom stereocenters. The molecule has 1 aliphatic rings. The van der Waals surface area contributed by atoms with Crippen LogP contribution in [0.2, 0.25) is 0 Å². The van der Waals surface area contributed by atoms with E-state index in [1.54, 1.807) is 25.1 Å². The number of aryl methyl sites for hydroxylation is 1. The number of benzene rings is 1. The molecule has 36 heavy (non-hydrogen) atoms. The fraction of sp³-hybridized carbons (Fsp3) is 0.500. The number of carbonyl (C=O) groups excluding carboxylic acids is 4.